The van der Waals surface area contributed by atoms with Crippen LogP contribution in [-0.2, 0) is 4.79 Å². The number of nitrogens with two attached hydrogens (primary N) is 2. The molecular formula is C26H28N10O. The summed E-state index contributed by atoms with van der Waals surface area (Å²) >= 11 is 0. The fourth-order valence-corrected chi connectivity index (χ4v) is 4.28. The van der Waals surface area contributed by atoms with E-state index in [1.807, 2.05) is 59.4 Å². The van der Waals surface area contributed by atoms with Crippen molar-refractivity contribution in [1.29, 1.82) is 0 Å². The Bertz CT molecular complexity index is 1590. The maximum atomic E-state index is 11.6. The molecule has 1 amide bonds. The summed E-state index contributed by atoms with van der Waals surface area (Å²) in [6.45, 7) is 6.39. The maximum Gasteiger partial charge on any atom is 0.222 e. The summed E-state index contributed by atoms with van der Waals surface area (Å²) in [5, 5.41) is 5.40. The van der Waals surface area contributed by atoms with Crippen LogP contribution in [-0.4, -0.2) is 47.2 Å². The maximum absolute atomic E-state index is 11.6. The smallest absolute Gasteiger partial charge is 0.222 e. The van der Waals surface area contributed by atoms with E-state index in [1.165, 1.54) is 0 Å². The van der Waals surface area contributed by atoms with Crippen molar-refractivity contribution in [3.8, 4) is 22.4 Å². The first-order valence-electron chi connectivity index (χ1n) is 11.9. The molecule has 0 spiro atoms. The van der Waals surface area contributed by atoms with E-state index in [9.17, 15) is 4.79 Å². The van der Waals surface area contributed by atoms with Gasteiger partial charge in [-0.1, -0.05) is 0 Å². The second kappa shape index (κ2) is 9.69. The lowest BCUT2D eigenvalue weighted by Gasteiger charge is -2.24. The van der Waals surface area contributed by atoms with E-state index in [1.54, 1.807) is 12.4 Å². The van der Waals surface area contributed by atoms with Crippen LogP contribution in [0.3, 0.4) is 0 Å². The number of aromatic nitrogens is 7. The molecule has 37 heavy (non-hydrogen) atoms. The third-order valence-corrected chi connectivity index (χ3v) is 6.07. The monoisotopic (exact) mass is 496 g/mol. The fraction of sp³-hybridized carbons (Fsp3) is 0.231. The number of aryl methyl sites for hydroxylation is 1. The Hall–Kier alpha value is -4.80. The number of anilines is 3. The first kappa shape index (κ1) is 23.9. The van der Waals surface area contributed by atoms with Gasteiger partial charge in [-0.15, -0.1) is 0 Å². The van der Waals surface area contributed by atoms with Gasteiger partial charge in [-0.2, -0.15) is 10.1 Å². The Balaban J connectivity index is 1.64. The average molecular weight is 497 g/mol. The normalized spacial score (nSPS) is 11.4. The highest BCUT2D eigenvalue weighted by molar-refractivity contribution is 6.03. The summed E-state index contributed by atoms with van der Waals surface area (Å²) in [6, 6.07) is 7.82. The van der Waals surface area contributed by atoms with Crippen molar-refractivity contribution in [2.75, 3.05) is 17.2 Å². The van der Waals surface area contributed by atoms with E-state index in [-0.39, 0.29) is 18.4 Å². The predicted molar refractivity (Wildman–Crippen MR) is 143 cm³/mol. The van der Waals surface area contributed by atoms with Crippen molar-refractivity contribution in [2.45, 2.75) is 33.2 Å². The lowest BCUT2D eigenvalue weighted by Crippen LogP contribution is -2.25. The summed E-state index contributed by atoms with van der Waals surface area (Å²) in [5.41, 5.74) is 17.4. The molecule has 0 aromatic carbocycles. The molecule has 5 aromatic heterocycles. The molecule has 0 fully saturated rings. The molecule has 5 heterocycles. The molecule has 5 rings (SSSR count). The molecule has 0 radical (unpaired) electrons. The number of pyridine rings is 2. The van der Waals surface area contributed by atoms with Crippen molar-refractivity contribution < 1.29 is 4.79 Å². The lowest BCUT2D eigenvalue weighted by atomic mass is 10.0. The van der Waals surface area contributed by atoms with Gasteiger partial charge >= 0.3 is 0 Å². The van der Waals surface area contributed by atoms with Gasteiger partial charge in [-0.3, -0.25) is 14.5 Å². The number of nitrogens with one attached hydrogen (secondary N) is 1. The number of nitrogen functional groups attached to an aromatic ring is 1. The molecule has 188 valence electrons. The minimum Gasteiger partial charge on any atom is -0.370 e. The highest BCUT2D eigenvalue weighted by Crippen LogP contribution is 2.37. The Kier molecular flexibility index (Phi) is 6.26. The highest BCUT2D eigenvalue weighted by atomic mass is 16.1. The van der Waals surface area contributed by atoms with Crippen LogP contribution in [0.25, 0.3) is 33.4 Å². The number of nitrogens with zero attached hydrogens (tertiary/aromatic N) is 7. The van der Waals surface area contributed by atoms with Gasteiger partial charge in [0.15, 0.2) is 0 Å². The summed E-state index contributed by atoms with van der Waals surface area (Å²) in [4.78, 5) is 34.6. The molecule has 5 N–H and O–H groups in total. The van der Waals surface area contributed by atoms with Crippen LogP contribution >= 0.6 is 0 Å². The summed E-state index contributed by atoms with van der Waals surface area (Å²) in [7, 11) is 0. The number of fused-ring (bicyclic) bond motifs is 1. The zero-order valence-corrected chi connectivity index (χ0v) is 20.9. The fourth-order valence-electron chi connectivity index (χ4n) is 4.28. The molecule has 0 aliphatic carbocycles. The quantitative estimate of drug-likeness (QED) is 0.293. The van der Waals surface area contributed by atoms with Gasteiger partial charge in [0.05, 0.1) is 11.9 Å². The minimum absolute atomic E-state index is 0.106. The molecule has 0 atom stereocenters. The molecule has 0 unspecified atom stereocenters. The largest absolute Gasteiger partial charge is 0.370 e. The van der Waals surface area contributed by atoms with Crippen LogP contribution < -0.4 is 16.4 Å². The standard InChI is InChI=1S/C26H28N10O/c1-15(2)36-14-17(12-32-36)19-5-8-30-25-24(19)20(13-31-25)21-11-23(34-26(28)33-21)35(9-6-22(27)37)18-4-7-29-16(3)10-18/h4-5,7-8,10-15H,6,9H2,1-3H3,(H2,27,37)(H,30,31)(H2,28,33,34). The number of carbonyl (C=O) groups is 1. The number of H-pyrrole nitrogens is 1. The number of carbonyl (C=O) groups excluding carboxylic acids is 1. The van der Waals surface area contributed by atoms with Crippen molar-refractivity contribution in [3.63, 3.8) is 0 Å². The topological polar surface area (TPSA) is 158 Å². The SMILES string of the molecule is Cc1cc(N(CCC(N)=O)c2cc(-c3c[nH]c4nccc(-c5cnn(C(C)C)c5)c34)nc(N)n2)ccn1. The number of hydrogen-bond donors (Lipinski definition) is 3. The zero-order valence-electron chi connectivity index (χ0n) is 20.9. The van der Waals surface area contributed by atoms with Crippen LogP contribution in [0, 0.1) is 6.92 Å². The second-order valence-corrected chi connectivity index (χ2v) is 9.08. The van der Waals surface area contributed by atoms with Crippen molar-refractivity contribution in [2.24, 2.45) is 5.73 Å². The molecule has 0 bridgehead atoms. The summed E-state index contributed by atoms with van der Waals surface area (Å²) in [6.07, 6.45) is 9.35. The molecule has 0 aliphatic rings. The molecule has 0 saturated carbocycles. The molecule has 0 aliphatic heterocycles. The van der Waals surface area contributed by atoms with E-state index < -0.39 is 5.91 Å². The molecule has 5 aromatic rings. The van der Waals surface area contributed by atoms with Gasteiger partial charge in [0.1, 0.15) is 11.5 Å². The van der Waals surface area contributed by atoms with Crippen LogP contribution in [0.2, 0.25) is 0 Å². The summed E-state index contributed by atoms with van der Waals surface area (Å²) in [5.74, 6) is 0.240. The van der Waals surface area contributed by atoms with Gasteiger partial charge in [-0.05, 0) is 44.5 Å². The van der Waals surface area contributed by atoms with Crippen LogP contribution in [0.5, 0.6) is 0 Å². The van der Waals surface area contributed by atoms with Gasteiger partial charge in [-0.25, -0.2) is 9.97 Å². The number of primary amides is 1. The Morgan fingerprint density at radius 3 is 2.68 bits per heavy atom. The van der Waals surface area contributed by atoms with Gasteiger partial charge in [0.2, 0.25) is 11.9 Å². The van der Waals surface area contributed by atoms with E-state index in [0.29, 0.717) is 18.1 Å². The van der Waals surface area contributed by atoms with Gasteiger partial charge in [0, 0.05) is 77.8 Å². The van der Waals surface area contributed by atoms with E-state index in [0.717, 1.165) is 39.1 Å². The van der Waals surface area contributed by atoms with E-state index in [2.05, 4.69) is 43.9 Å². The van der Waals surface area contributed by atoms with Gasteiger partial charge < -0.3 is 21.4 Å². The lowest BCUT2D eigenvalue weighted by molar-refractivity contribution is -0.117. The average Bonchev–Trinajstić information content (AvgIpc) is 3.52. The number of amides is 1. The zero-order chi connectivity index (χ0) is 26.1. The molecular weight excluding hydrogens is 468 g/mol. The van der Waals surface area contributed by atoms with Crippen molar-refractivity contribution in [1.82, 2.24) is 34.7 Å². The first-order valence-corrected chi connectivity index (χ1v) is 11.9. The number of aromatic amines is 1. The third kappa shape index (κ3) is 4.83. The second-order valence-electron chi connectivity index (χ2n) is 9.08. The molecule has 0 saturated heterocycles. The first-order chi connectivity index (χ1) is 17.8. The minimum atomic E-state index is -0.410. The molecule has 11 heteroatoms. The van der Waals surface area contributed by atoms with E-state index in [4.69, 9.17) is 11.5 Å². The highest BCUT2D eigenvalue weighted by Gasteiger charge is 2.19. The van der Waals surface area contributed by atoms with Crippen molar-refractivity contribution in [3.05, 3.63) is 60.9 Å². The number of rotatable bonds is 8. The number of hydrogen-bond acceptors (Lipinski definition) is 8. The van der Waals surface area contributed by atoms with Crippen molar-refractivity contribution >= 4 is 34.4 Å². The Labute approximate surface area is 213 Å². The van der Waals surface area contributed by atoms with Crippen LogP contribution in [0.1, 0.15) is 32.0 Å². The Morgan fingerprint density at radius 1 is 1.14 bits per heavy atom. The van der Waals surface area contributed by atoms with Crippen LogP contribution in [0.4, 0.5) is 17.5 Å². The predicted octanol–water partition coefficient (Wildman–Crippen LogP) is 3.76. The Morgan fingerprint density at radius 2 is 1.95 bits per heavy atom. The third-order valence-electron chi connectivity index (χ3n) is 6.07. The van der Waals surface area contributed by atoms with Crippen LogP contribution in [0.15, 0.2) is 55.2 Å². The van der Waals surface area contributed by atoms with E-state index >= 15 is 0 Å². The van der Waals surface area contributed by atoms with Gasteiger partial charge in [0.25, 0.3) is 0 Å². The summed E-state index contributed by atoms with van der Waals surface area (Å²) < 4.78 is 1.92. The molecule has 11 nitrogen and oxygen atoms in total.